The van der Waals surface area contributed by atoms with Crippen LogP contribution in [0.4, 0.5) is 0 Å². The highest BCUT2D eigenvalue weighted by Crippen LogP contribution is 2.43. The number of ether oxygens (including phenoxy) is 4. The number of hydrogen-bond donors (Lipinski definition) is 0. The Morgan fingerprint density at radius 2 is 1.51 bits per heavy atom. The van der Waals surface area contributed by atoms with Gasteiger partial charge in [-0.15, -0.1) is 0 Å². The predicted molar refractivity (Wildman–Crippen MR) is 176 cm³/mol. The average Bonchev–Trinajstić information content (AvgIpc) is 3.87. The van der Waals surface area contributed by atoms with Gasteiger partial charge in [0.2, 0.25) is 17.5 Å². The summed E-state index contributed by atoms with van der Waals surface area (Å²) in [6.07, 6.45) is 2.91. The van der Waals surface area contributed by atoms with E-state index in [0.29, 0.717) is 29.5 Å². The second-order valence-corrected chi connectivity index (χ2v) is 17.5. The van der Waals surface area contributed by atoms with Crippen molar-refractivity contribution in [2.45, 2.75) is 89.0 Å². The number of oxime groups is 1. The minimum absolute atomic E-state index is 0.297. The number of aromatic nitrogens is 2. The van der Waals surface area contributed by atoms with Gasteiger partial charge < -0.3 is 37.0 Å². The second-order valence-electron chi connectivity index (χ2n) is 13.2. The first kappa shape index (κ1) is 33.3. The smallest absolute Gasteiger partial charge is 0.262 e. The molecule has 12 heteroatoms. The molecule has 2 aromatic carbocycles. The monoisotopic (exact) mass is 661 g/mol. The number of benzene rings is 2. The first-order valence-electron chi connectivity index (χ1n) is 15.8. The van der Waals surface area contributed by atoms with Crippen molar-refractivity contribution in [2.75, 3.05) is 14.2 Å². The van der Waals surface area contributed by atoms with E-state index in [2.05, 4.69) is 55.2 Å². The van der Waals surface area contributed by atoms with Gasteiger partial charge in [-0.05, 0) is 36.2 Å². The van der Waals surface area contributed by atoms with Crippen LogP contribution >= 0.6 is 0 Å². The van der Waals surface area contributed by atoms with E-state index in [-0.39, 0.29) is 11.1 Å². The zero-order chi connectivity index (χ0) is 33.5. The maximum Gasteiger partial charge on any atom is 0.262 e. The van der Waals surface area contributed by atoms with Crippen molar-refractivity contribution < 1.29 is 37.0 Å². The Morgan fingerprint density at radius 3 is 2.06 bits per heavy atom. The fourth-order valence-corrected chi connectivity index (χ4v) is 11.1. The van der Waals surface area contributed by atoms with Crippen molar-refractivity contribution in [1.82, 2.24) is 9.97 Å². The van der Waals surface area contributed by atoms with Crippen LogP contribution in [0.1, 0.15) is 71.4 Å². The first-order valence-corrected chi connectivity index (χ1v) is 17.7. The topological polar surface area (TPSA) is 120 Å². The molecule has 0 bridgehead atoms. The molecule has 47 heavy (non-hydrogen) atoms. The van der Waals surface area contributed by atoms with Gasteiger partial charge in [0, 0.05) is 20.6 Å². The summed E-state index contributed by atoms with van der Waals surface area (Å²) in [5.74, 6) is -1.48. The van der Waals surface area contributed by atoms with Crippen LogP contribution in [0, 0.1) is 0 Å². The summed E-state index contributed by atoms with van der Waals surface area (Å²) in [5, 5.41) is 6.32. The first-order chi connectivity index (χ1) is 22.4. The summed E-state index contributed by atoms with van der Waals surface area (Å²) >= 11 is 0. The Kier molecular flexibility index (Phi) is 9.02. The molecule has 6 rings (SSSR count). The third-order valence-electron chi connectivity index (χ3n) is 9.36. The number of hydrogen-bond acceptors (Lipinski definition) is 11. The molecule has 1 saturated heterocycles. The average molecular weight is 662 g/mol. The van der Waals surface area contributed by atoms with Crippen LogP contribution in [-0.2, 0) is 28.2 Å². The van der Waals surface area contributed by atoms with Gasteiger partial charge in [-0.2, -0.15) is 0 Å². The molecule has 4 heterocycles. The van der Waals surface area contributed by atoms with Crippen molar-refractivity contribution in [3.63, 3.8) is 0 Å². The zero-order valence-corrected chi connectivity index (χ0v) is 29.1. The molecule has 4 aromatic rings. The molecule has 2 aliphatic heterocycles. The minimum atomic E-state index is -3.04. The normalized spacial score (nSPS) is 27.3. The Bertz CT molecular complexity index is 1620. The predicted octanol–water partition coefficient (Wildman–Crippen LogP) is 5.35. The summed E-state index contributed by atoms with van der Waals surface area (Å²) in [6.45, 7) is 12.1. The number of oxazole rings is 2. The van der Waals surface area contributed by atoms with E-state index in [1.54, 1.807) is 40.5 Å². The van der Waals surface area contributed by atoms with Gasteiger partial charge in [0.25, 0.3) is 8.32 Å². The van der Waals surface area contributed by atoms with Gasteiger partial charge in [0.05, 0.1) is 12.3 Å². The molecule has 0 saturated carbocycles. The Morgan fingerprint density at radius 1 is 0.894 bits per heavy atom. The summed E-state index contributed by atoms with van der Waals surface area (Å²) < 4.78 is 43.4. The molecular weight excluding hydrogens is 618 g/mol. The number of methoxy groups -OCH3 is 2. The molecule has 0 unspecified atom stereocenters. The molecule has 0 N–H and O–H groups in total. The van der Waals surface area contributed by atoms with Crippen LogP contribution in [0.25, 0.3) is 0 Å². The van der Waals surface area contributed by atoms with Crippen molar-refractivity contribution in [2.24, 2.45) is 5.16 Å². The molecule has 0 spiro atoms. The molecule has 0 amide bonds. The number of nitrogens with zero attached hydrogens (tertiary/aromatic N) is 3. The molecule has 2 aromatic heterocycles. The molecule has 0 aliphatic carbocycles. The van der Waals surface area contributed by atoms with Gasteiger partial charge in [-0.3, -0.25) is 0 Å². The lowest BCUT2D eigenvalue weighted by Crippen LogP contribution is -2.67. The van der Waals surface area contributed by atoms with Gasteiger partial charge in [-0.1, -0.05) is 86.6 Å². The summed E-state index contributed by atoms with van der Waals surface area (Å²) in [4.78, 5) is 15.0. The summed E-state index contributed by atoms with van der Waals surface area (Å²) in [6, 6.07) is 20.7. The standard InChI is InChI=1S/C35H43N3O8Si/c1-23-30(44-35(6,40-8)34(5,39-7)43-23)28-19-26(38-45-28)27-21-41-32(37-27)31(29-20-36-22-42-29)46-47(33(2,3)4,24-15-11-9-12-16-24)25-17-13-10-14-18-25/h9-18,20-23,28,30-31H,19H2,1-8H3/t23-,28+,30+,31+,34+,35+/m1/s1. The van der Waals surface area contributed by atoms with E-state index in [9.17, 15) is 0 Å². The molecule has 1 fully saturated rings. The quantitative estimate of drug-likeness (QED) is 0.206. The van der Waals surface area contributed by atoms with E-state index in [1.807, 2.05) is 43.3 Å². The molecule has 250 valence electrons. The van der Waals surface area contributed by atoms with E-state index in [4.69, 9.17) is 42.0 Å². The molecule has 11 nitrogen and oxygen atoms in total. The molecule has 6 atom stereocenters. The zero-order valence-electron chi connectivity index (χ0n) is 28.1. The molecular formula is C35H43N3O8Si. The van der Waals surface area contributed by atoms with Gasteiger partial charge in [0.1, 0.15) is 23.8 Å². The molecule has 0 radical (unpaired) electrons. The fourth-order valence-electron chi connectivity index (χ4n) is 6.55. The van der Waals surface area contributed by atoms with Crippen molar-refractivity contribution in [3.8, 4) is 0 Å². The minimum Gasteiger partial charge on any atom is -0.445 e. The van der Waals surface area contributed by atoms with Gasteiger partial charge in [0.15, 0.2) is 24.4 Å². The third-order valence-corrected chi connectivity index (χ3v) is 14.4. The highest BCUT2D eigenvalue weighted by Gasteiger charge is 2.58. The van der Waals surface area contributed by atoms with E-state index < -0.39 is 38.2 Å². The van der Waals surface area contributed by atoms with Crippen molar-refractivity contribution in [1.29, 1.82) is 0 Å². The van der Waals surface area contributed by atoms with Gasteiger partial charge >= 0.3 is 0 Å². The van der Waals surface area contributed by atoms with Crippen LogP contribution < -0.4 is 10.4 Å². The van der Waals surface area contributed by atoms with Crippen LogP contribution in [0.3, 0.4) is 0 Å². The largest absolute Gasteiger partial charge is 0.445 e. The lowest BCUT2D eigenvalue weighted by molar-refractivity contribution is -0.452. The second kappa shape index (κ2) is 12.8. The van der Waals surface area contributed by atoms with Crippen molar-refractivity contribution in [3.05, 3.63) is 96.9 Å². The Labute approximate surface area is 276 Å². The van der Waals surface area contributed by atoms with E-state index in [1.165, 1.54) is 6.39 Å². The summed E-state index contributed by atoms with van der Waals surface area (Å²) in [5.41, 5.74) is 1.14. The lowest BCUT2D eigenvalue weighted by atomic mass is 9.98. The SMILES string of the molecule is CO[C@@]1(C)O[C@H]([C@@H]2CC(c3coc([C@@H](O[Si](c4ccccc4)(c4ccccc4)C(C)(C)C)c4cnco4)n3)=NO2)[C@@H](C)O[C@]1(C)OC. The van der Waals surface area contributed by atoms with Gasteiger partial charge in [-0.25, -0.2) is 9.97 Å². The van der Waals surface area contributed by atoms with Crippen molar-refractivity contribution >= 4 is 24.4 Å². The lowest BCUT2D eigenvalue weighted by Gasteiger charge is -2.52. The maximum atomic E-state index is 7.39. The fraction of sp³-hybridized carbons (Fsp3) is 0.457. The Balaban J connectivity index is 1.31. The van der Waals surface area contributed by atoms with Crippen LogP contribution in [0.5, 0.6) is 0 Å². The maximum absolute atomic E-state index is 7.39. The molecule has 2 aliphatic rings. The van der Waals surface area contributed by atoms with Crippen LogP contribution in [-0.4, -0.2) is 68.1 Å². The third kappa shape index (κ3) is 5.87. The van der Waals surface area contributed by atoms with Crippen LogP contribution in [0.2, 0.25) is 5.04 Å². The van der Waals surface area contributed by atoms with E-state index in [0.717, 1.165) is 10.4 Å². The Hall–Kier alpha value is -3.65. The number of rotatable bonds is 10. The van der Waals surface area contributed by atoms with Crippen LogP contribution in [0.15, 0.2) is 93.5 Å². The highest BCUT2D eigenvalue weighted by molar-refractivity contribution is 6.99. The highest BCUT2D eigenvalue weighted by atomic mass is 28.4. The van der Waals surface area contributed by atoms with E-state index >= 15 is 0 Å². The summed E-state index contributed by atoms with van der Waals surface area (Å²) in [7, 11) is 0.0770.